The Morgan fingerprint density at radius 1 is 1.10 bits per heavy atom. The van der Waals surface area contributed by atoms with Gasteiger partial charge in [-0.2, -0.15) is 13.2 Å². The van der Waals surface area contributed by atoms with Crippen molar-refractivity contribution in [1.29, 1.82) is 0 Å². The molecule has 1 aromatic rings. The van der Waals surface area contributed by atoms with Gasteiger partial charge >= 0.3 is 6.18 Å². The number of anilines is 1. The highest BCUT2D eigenvalue weighted by atomic mass is 32.2. The van der Waals surface area contributed by atoms with E-state index in [0.717, 1.165) is 21.9 Å². The Hall–Kier alpha value is -2.08. The van der Waals surface area contributed by atoms with Crippen LogP contribution in [0.15, 0.2) is 17.0 Å². The fourth-order valence-electron chi connectivity index (χ4n) is 3.17. The molecule has 0 saturated carbocycles. The monoisotopic (exact) mass is 442 g/mol. The minimum absolute atomic E-state index is 0.0305. The normalized spacial score (nSPS) is 22.9. The Bertz CT molecular complexity index is 776. The second-order valence-electron chi connectivity index (χ2n) is 6.27. The first kappa shape index (κ1) is 23.2. The fourth-order valence-corrected chi connectivity index (χ4v) is 3.97. The molecule has 1 saturated heterocycles. The predicted octanol–water partition coefficient (Wildman–Crippen LogP) is 2.84. The van der Waals surface area contributed by atoms with Crippen LogP contribution in [0.2, 0.25) is 0 Å². The van der Waals surface area contributed by atoms with E-state index in [0.29, 0.717) is 11.8 Å². The highest BCUT2D eigenvalue weighted by Gasteiger charge is 2.48. The summed E-state index contributed by atoms with van der Waals surface area (Å²) in [5, 5.41) is 0. The smallest absolute Gasteiger partial charge is 0.335 e. The fraction of sp³-hybridized carbons (Fsp3) is 0.471. The summed E-state index contributed by atoms with van der Waals surface area (Å²) >= 11 is 0.373. The third-order valence-corrected chi connectivity index (χ3v) is 5.56. The molecule has 1 heterocycles. The van der Waals surface area contributed by atoms with Crippen LogP contribution in [-0.4, -0.2) is 66.9 Å². The second-order valence-corrected chi connectivity index (χ2v) is 7.29. The molecule has 0 aromatic heterocycles. The number of aryl methyl sites for hydroxylation is 1. The zero-order chi connectivity index (χ0) is 21.9. The zero-order valence-corrected chi connectivity index (χ0v) is 15.7. The SMILES string of the molecule is Cc1cc(F)c(N2C(C=O)C(C=O)N(CC(F)F)C2C=O)cc1SCC(F)(F)F. The lowest BCUT2D eigenvalue weighted by molar-refractivity contribution is -0.118. The van der Waals surface area contributed by atoms with Gasteiger partial charge in [-0.15, -0.1) is 11.8 Å². The Kier molecular flexibility index (Phi) is 7.33. The van der Waals surface area contributed by atoms with Crippen LogP contribution in [0.1, 0.15) is 5.56 Å². The third kappa shape index (κ3) is 5.10. The van der Waals surface area contributed by atoms with E-state index in [9.17, 15) is 40.7 Å². The molecule has 29 heavy (non-hydrogen) atoms. The van der Waals surface area contributed by atoms with Crippen molar-refractivity contribution in [3.8, 4) is 0 Å². The van der Waals surface area contributed by atoms with E-state index in [4.69, 9.17) is 0 Å². The van der Waals surface area contributed by atoms with E-state index < -0.39 is 54.7 Å². The lowest BCUT2D eigenvalue weighted by atomic mass is 10.1. The van der Waals surface area contributed by atoms with E-state index in [-0.39, 0.29) is 29.3 Å². The quantitative estimate of drug-likeness (QED) is 0.351. The van der Waals surface area contributed by atoms with Gasteiger partial charge in [-0.25, -0.2) is 13.2 Å². The summed E-state index contributed by atoms with van der Waals surface area (Å²) in [5.74, 6) is -2.23. The number of carbonyl (C=O) groups is 3. The maximum absolute atomic E-state index is 14.6. The van der Waals surface area contributed by atoms with E-state index >= 15 is 0 Å². The first-order chi connectivity index (χ1) is 13.5. The topological polar surface area (TPSA) is 57.7 Å². The van der Waals surface area contributed by atoms with Crippen molar-refractivity contribution in [3.63, 3.8) is 0 Å². The Balaban J connectivity index is 2.52. The van der Waals surface area contributed by atoms with Gasteiger partial charge in [-0.3, -0.25) is 9.69 Å². The van der Waals surface area contributed by atoms with Crippen molar-refractivity contribution in [3.05, 3.63) is 23.5 Å². The maximum Gasteiger partial charge on any atom is 0.398 e. The molecule has 5 nitrogen and oxygen atoms in total. The summed E-state index contributed by atoms with van der Waals surface area (Å²) < 4.78 is 78.1. The van der Waals surface area contributed by atoms with Crippen molar-refractivity contribution in [2.24, 2.45) is 0 Å². The lowest BCUT2D eigenvalue weighted by Gasteiger charge is -2.29. The molecular formula is C17H16F6N2O3S. The molecule has 3 atom stereocenters. The molecule has 1 fully saturated rings. The molecule has 0 aliphatic carbocycles. The van der Waals surface area contributed by atoms with Crippen molar-refractivity contribution in [1.82, 2.24) is 4.90 Å². The van der Waals surface area contributed by atoms with Gasteiger partial charge in [0.2, 0.25) is 0 Å². The largest absolute Gasteiger partial charge is 0.398 e. The first-order valence-corrected chi connectivity index (χ1v) is 9.20. The van der Waals surface area contributed by atoms with Gasteiger partial charge in [-0.05, 0) is 24.6 Å². The van der Waals surface area contributed by atoms with Crippen LogP contribution in [0.5, 0.6) is 0 Å². The summed E-state index contributed by atoms with van der Waals surface area (Å²) in [6.45, 7) is 0.345. The third-order valence-electron chi connectivity index (χ3n) is 4.34. The number of thioether (sulfide) groups is 1. The molecule has 160 valence electrons. The summed E-state index contributed by atoms with van der Waals surface area (Å²) in [6, 6.07) is -0.992. The molecule has 0 spiro atoms. The van der Waals surface area contributed by atoms with Gasteiger partial charge < -0.3 is 14.5 Å². The van der Waals surface area contributed by atoms with Crippen molar-refractivity contribution in [2.75, 3.05) is 17.2 Å². The number of benzene rings is 1. The van der Waals surface area contributed by atoms with E-state index in [2.05, 4.69) is 0 Å². The molecule has 1 aliphatic rings. The molecule has 0 radical (unpaired) electrons. The van der Waals surface area contributed by atoms with Crippen LogP contribution in [0.25, 0.3) is 0 Å². The van der Waals surface area contributed by atoms with Gasteiger partial charge in [0.25, 0.3) is 6.43 Å². The van der Waals surface area contributed by atoms with E-state index in [1.165, 1.54) is 6.92 Å². The highest BCUT2D eigenvalue weighted by molar-refractivity contribution is 7.99. The van der Waals surface area contributed by atoms with Gasteiger partial charge in [0.05, 0.1) is 24.0 Å². The lowest BCUT2D eigenvalue weighted by Crippen LogP contribution is -2.45. The Labute approximate surface area is 166 Å². The van der Waals surface area contributed by atoms with E-state index in [1.807, 2.05) is 0 Å². The molecule has 12 heteroatoms. The number of hydrogen-bond donors (Lipinski definition) is 0. The number of aldehydes is 3. The molecule has 0 bridgehead atoms. The van der Waals surface area contributed by atoms with Crippen LogP contribution < -0.4 is 4.90 Å². The van der Waals surface area contributed by atoms with Crippen molar-refractivity contribution in [2.45, 2.75) is 42.7 Å². The molecule has 3 unspecified atom stereocenters. The molecule has 2 rings (SSSR count). The number of carbonyl (C=O) groups excluding carboxylic acids is 3. The number of rotatable bonds is 8. The molecule has 1 aliphatic heterocycles. The van der Waals surface area contributed by atoms with Crippen molar-refractivity contribution >= 4 is 36.3 Å². The molecule has 0 amide bonds. The number of halogens is 6. The Morgan fingerprint density at radius 2 is 1.72 bits per heavy atom. The number of alkyl halides is 5. The second kappa shape index (κ2) is 9.16. The average molecular weight is 442 g/mol. The molecule has 0 N–H and O–H groups in total. The minimum Gasteiger partial charge on any atom is -0.335 e. The summed E-state index contributed by atoms with van der Waals surface area (Å²) in [4.78, 5) is 36.2. The predicted molar refractivity (Wildman–Crippen MR) is 92.7 cm³/mol. The minimum atomic E-state index is -4.49. The van der Waals surface area contributed by atoms with Gasteiger partial charge in [0.1, 0.15) is 30.6 Å². The maximum atomic E-state index is 14.6. The van der Waals surface area contributed by atoms with Gasteiger partial charge in [0, 0.05) is 4.90 Å². The van der Waals surface area contributed by atoms with Crippen LogP contribution in [0, 0.1) is 12.7 Å². The van der Waals surface area contributed by atoms with Gasteiger partial charge in [-0.1, -0.05) is 0 Å². The van der Waals surface area contributed by atoms with Crippen LogP contribution in [-0.2, 0) is 14.4 Å². The standard InChI is InChI=1S/C17H16F6N2O3S/c1-9-2-10(18)11(3-14(9)29-8-17(21,22)23)25-13(6-27)12(5-26)24(4-15(19)20)16(25)7-28/h2-3,5-7,12-13,15-16H,4,8H2,1H3. The van der Waals surface area contributed by atoms with Crippen LogP contribution in [0.3, 0.4) is 0 Å². The summed E-state index contributed by atoms with van der Waals surface area (Å²) in [5.41, 5.74) is -0.250. The van der Waals surface area contributed by atoms with Crippen LogP contribution >= 0.6 is 11.8 Å². The molecular weight excluding hydrogens is 426 g/mol. The van der Waals surface area contributed by atoms with Gasteiger partial charge in [0.15, 0.2) is 6.29 Å². The molecule has 1 aromatic carbocycles. The average Bonchev–Trinajstić information content (AvgIpc) is 2.91. The zero-order valence-electron chi connectivity index (χ0n) is 14.9. The van der Waals surface area contributed by atoms with Crippen molar-refractivity contribution < 1.29 is 40.7 Å². The Morgan fingerprint density at radius 3 is 2.21 bits per heavy atom. The number of hydrogen-bond acceptors (Lipinski definition) is 6. The number of nitrogens with zero attached hydrogens (tertiary/aromatic N) is 2. The summed E-state index contributed by atoms with van der Waals surface area (Å²) in [7, 11) is 0. The summed E-state index contributed by atoms with van der Waals surface area (Å²) in [6.07, 6.45) is -8.44. The highest BCUT2D eigenvalue weighted by Crippen LogP contribution is 2.38. The van der Waals surface area contributed by atoms with Crippen LogP contribution in [0.4, 0.5) is 32.0 Å². The van der Waals surface area contributed by atoms with E-state index in [1.54, 1.807) is 0 Å². The first-order valence-electron chi connectivity index (χ1n) is 8.21.